The van der Waals surface area contributed by atoms with E-state index in [1.54, 1.807) is 6.20 Å². The average Bonchev–Trinajstić information content (AvgIpc) is 3.15. The number of benzene rings is 1. The van der Waals surface area contributed by atoms with Crippen LogP contribution in [-0.4, -0.2) is 48.9 Å². The Hall–Kier alpha value is -3.23. The summed E-state index contributed by atoms with van der Waals surface area (Å²) < 4.78 is 1.50. The van der Waals surface area contributed by atoms with E-state index in [4.69, 9.17) is 0 Å². The molecule has 0 bridgehead atoms. The summed E-state index contributed by atoms with van der Waals surface area (Å²) in [6.45, 7) is 1.96. The summed E-state index contributed by atoms with van der Waals surface area (Å²) in [5.74, 6) is -1.95. The van der Waals surface area contributed by atoms with Crippen LogP contribution in [0, 0.1) is 16.0 Å². The van der Waals surface area contributed by atoms with Gasteiger partial charge >= 0.3 is 5.97 Å². The lowest BCUT2D eigenvalue weighted by molar-refractivity contribution is -0.384. The van der Waals surface area contributed by atoms with E-state index in [2.05, 4.69) is 4.98 Å². The maximum absolute atomic E-state index is 12.8. The molecule has 136 valence electrons. The van der Waals surface area contributed by atoms with Crippen molar-refractivity contribution in [2.45, 2.75) is 25.8 Å². The van der Waals surface area contributed by atoms with Gasteiger partial charge in [0.15, 0.2) is 0 Å². The maximum Gasteiger partial charge on any atom is 0.308 e. The minimum atomic E-state index is -0.934. The number of carboxylic acids is 1. The number of nitro benzene ring substituents is 1. The number of amides is 1. The predicted molar refractivity (Wildman–Crippen MR) is 91.1 cm³/mol. The normalized spacial score (nSPS) is 20.0. The molecule has 1 aromatic heterocycles. The number of hydrogen-bond acceptors (Lipinski definition) is 5. The number of likely N-dealkylation sites (tertiary alicyclic amines) is 1. The fourth-order valence-corrected chi connectivity index (χ4v) is 3.18. The lowest BCUT2D eigenvalue weighted by atomic mass is 9.93. The van der Waals surface area contributed by atoms with Crippen molar-refractivity contribution >= 4 is 17.6 Å². The number of carbonyl (C=O) groups excluding carboxylic acids is 1. The highest BCUT2D eigenvalue weighted by Crippen LogP contribution is 2.28. The molecule has 1 fully saturated rings. The molecule has 1 aromatic carbocycles. The number of carbonyl (C=O) groups is 2. The third-order valence-electron chi connectivity index (χ3n) is 4.69. The van der Waals surface area contributed by atoms with Crippen LogP contribution in [0.5, 0.6) is 0 Å². The van der Waals surface area contributed by atoms with Crippen molar-refractivity contribution in [1.29, 1.82) is 0 Å². The zero-order valence-electron chi connectivity index (χ0n) is 14.1. The Kier molecular flexibility index (Phi) is 4.70. The molecule has 1 aliphatic heterocycles. The second-order valence-electron chi connectivity index (χ2n) is 6.35. The van der Waals surface area contributed by atoms with E-state index in [0.29, 0.717) is 18.5 Å². The van der Waals surface area contributed by atoms with Crippen molar-refractivity contribution in [3.05, 3.63) is 52.6 Å². The van der Waals surface area contributed by atoms with Gasteiger partial charge in [-0.3, -0.25) is 19.7 Å². The molecule has 1 amide bonds. The molecule has 0 spiro atoms. The highest BCUT2D eigenvalue weighted by Gasteiger charge is 2.33. The average molecular weight is 358 g/mol. The van der Waals surface area contributed by atoms with Crippen LogP contribution < -0.4 is 0 Å². The van der Waals surface area contributed by atoms with Gasteiger partial charge in [-0.15, -0.1) is 0 Å². The molecule has 2 unspecified atom stereocenters. The lowest BCUT2D eigenvalue weighted by Gasteiger charge is -2.36. The summed E-state index contributed by atoms with van der Waals surface area (Å²) in [7, 11) is 0. The number of carboxylic acid groups (broad SMARTS) is 1. The van der Waals surface area contributed by atoms with Gasteiger partial charge in [0.1, 0.15) is 5.69 Å². The Balaban J connectivity index is 1.93. The first-order valence-electron chi connectivity index (χ1n) is 8.19. The monoisotopic (exact) mass is 358 g/mol. The first-order valence-corrected chi connectivity index (χ1v) is 8.19. The molecular weight excluding hydrogens is 340 g/mol. The van der Waals surface area contributed by atoms with Crippen LogP contribution in [0.15, 0.2) is 36.9 Å². The molecule has 1 N–H and O–H groups in total. The zero-order valence-corrected chi connectivity index (χ0v) is 14.1. The van der Waals surface area contributed by atoms with Gasteiger partial charge in [-0.05, 0) is 31.9 Å². The van der Waals surface area contributed by atoms with Crippen LogP contribution in [0.3, 0.4) is 0 Å². The summed E-state index contributed by atoms with van der Waals surface area (Å²) in [5.41, 5.74) is 0.255. The van der Waals surface area contributed by atoms with Crippen molar-refractivity contribution in [1.82, 2.24) is 14.5 Å². The highest BCUT2D eigenvalue weighted by molar-refractivity contribution is 5.96. The van der Waals surface area contributed by atoms with Gasteiger partial charge in [-0.1, -0.05) is 0 Å². The maximum atomic E-state index is 12.8. The van der Waals surface area contributed by atoms with Crippen LogP contribution >= 0.6 is 0 Å². The minimum Gasteiger partial charge on any atom is -0.481 e. The summed E-state index contributed by atoms with van der Waals surface area (Å²) in [6.07, 6.45) is 5.62. The van der Waals surface area contributed by atoms with E-state index in [1.165, 1.54) is 40.2 Å². The zero-order chi connectivity index (χ0) is 18.8. The van der Waals surface area contributed by atoms with E-state index < -0.39 is 22.7 Å². The number of hydrogen-bond donors (Lipinski definition) is 1. The number of piperidine rings is 1. The number of rotatable bonds is 4. The molecular formula is C17H18N4O5. The molecule has 1 aliphatic rings. The van der Waals surface area contributed by atoms with Crippen LogP contribution in [0.4, 0.5) is 5.69 Å². The summed E-state index contributed by atoms with van der Waals surface area (Å²) >= 11 is 0. The quantitative estimate of drug-likeness (QED) is 0.660. The molecule has 2 heterocycles. The Morgan fingerprint density at radius 2 is 2.12 bits per heavy atom. The number of aliphatic carboxylic acids is 1. The van der Waals surface area contributed by atoms with Crippen molar-refractivity contribution < 1.29 is 19.6 Å². The summed E-state index contributed by atoms with van der Waals surface area (Å²) in [4.78, 5) is 40.3. The minimum absolute atomic E-state index is 0.104. The van der Waals surface area contributed by atoms with Gasteiger partial charge in [-0.2, -0.15) is 0 Å². The van der Waals surface area contributed by atoms with Gasteiger partial charge in [0.2, 0.25) is 0 Å². The number of nitro groups is 1. The Morgan fingerprint density at radius 1 is 1.35 bits per heavy atom. The molecule has 9 heteroatoms. The van der Waals surface area contributed by atoms with Gasteiger partial charge in [0.05, 0.1) is 17.2 Å². The Labute approximate surface area is 149 Å². The first kappa shape index (κ1) is 17.6. The third kappa shape index (κ3) is 3.28. The Bertz CT molecular complexity index is 849. The third-order valence-corrected chi connectivity index (χ3v) is 4.69. The fourth-order valence-electron chi connectivity index (χ4n) is 3.18. The molecule has 0 aliphatic carbocycles. The Morgan fingerprint density at radius 3 is 2.73 bits per heavy atom. The smallest absolute Gasteiger partial charge is 0.308 e. The molecule has 2 atom stereocenters. The van der Waals surface area contributed by atoms with E-state index in [9.17, 15) is 24.8 Å². The van der Waals surface area contributed by atoms with E-state index in [0.717, 1.165) is 0 Å². The van der Waals surface area contributed by atoms with Crippen LogP contribution in [0.2, 0.25) is 0 Å². The van der Waals surface area contributed by atoms with E-state index in [1.807, 2.05) is 6.92 Å². The van der Waals surface area contributed by atoms with Crippen molar-refractivity contribution in [3.8, 4) is 5.69 Å². The summed E-state index contributed by atoms with van der Waals surface area (Å²) in [5, 5.41) is 20.7. The number of imidazole rings is 1. The standard InChI is InChI=1S/C17H18N4O5/c1-11-2-3-13(17(23)24)9-20(11)16(22)12-4-5-14(15(8-12)21(25)26)19-7-6-18-10-19/h4-8,10-11,13H,2-3,9H2,1H3,(H,23,24). The predicted octanol–water partition coefficient (Wildman–Crippen LogP) is 2.11. The second-order valence-corrected chi connectivity index (χ2v) is 6.35. The van der Waals surface area contributed by atoms with Crippen molar-refractivity contribution in [3.63, 3.8) is 0 Å². The molecule has 0 saturated carbocycles. The van der Waals surface area contributed by atoms with E-state index in [-0.39, 0.29) is 23.8 Å². The highest BCUT2D eigenvalue weighted by atomic mass is 16.6. The summed E-state index contributed by atoms with van der Waals surface area (Å²) in [6, 6.07) is 4.12. The lowest BCUT2D eigenvalue weighted by Crippen LogP contribution is -2.47. The van der Waals surface area contributed by atoms with Crippen LogP contribution in [0.25, 0.3) is 5.69 Å². The largest absolute Gasteiger partial charge is 0.481 e. The van der Waals surface area contributed by atoms with Crippen LogP contribution in [0.1, 0.15) is 30.1 Å². The van der Waals surface area contributed by atoms with Gasteiger partial charge in [0, 0.05) is 36.6 Å². The molecule has 3 rings (SSSR count). The van der Waals surface area contributed by atoms with Gasteiger partial charge in [0.25, 0.3) is 11.6 Å². The SMILES string of the molecule is CC1CCC(C(=O)O)CN1C(=O)c1ccc(-n2ccnc2)c([N+](=O)[O-])c1. The second kappa shape index (κ2) is 6.95. The molecule has 1 saturated heterocycles. The number of nitrogens with zero attached hydrogens (tertiary/aromatic N) is 4. The van der Waals surface area contributed by atoms with Gasteiger partial charge in [-0.25, -0.2) is 4.98 Å². The topological polar surface area (TPSA) is 119 Å². The van der Waals surface area contributed by atoms with Gasteiger partial charge < -0.3 is 14.6 Å². The molecule has 2 aromatic rings. The van der Waals surface area contributed by atoms with Crippen LogP contribution in [-0.2, 0) is 4.79 Å². The van der Waals surface area contributed by atoms with Crippen molar-refractivity contribution in [2.24, 2.45) is 5.92 Å². The molecule has 9 nitrogen and oxygen atoms in total. The first-order chi connectivity index (χ1) is 12.4. The van der Waals surface area contributed by atoms with E-state index >= 15 is 0 Å². The van der Waals surface area contributed by atoms with Crippen molar-refractivity contribution in [2.75, 3.05) is 6.54 Å². The molecule has 0 radical (unpaired) electrons. The fraction of sp³-hybridized carbons (Fsp3) is 0.353. The number of aromatic nitrogens is 2. The molecule has 26 heavy (non-hydrogen) atoms.